The molecule has 0 atom stereocenters. The number of benzene rings is 2. The zero-order valence-electron chi connectivity index (χ0n) is 9.06. The maximum atomic E-state index is 12.7. The summed E-state index contributed by atoms with van der Waals surface area (Å²) in [6, 6.07) is 13.4. The molecule has 1 N–H and O–H groups in total. The number of hydrogen-bond acceptors (Lipinski definition) is 1. The van der Waals surface area contributed by atoms with Crippen molar-refractivity contribution in [3.8, 4) is 11.1 Å². The molecule has 0 heterocycles. The number of carboxylic acid groups (broad SMARTS) is 1. The monoisotopic (exact) mass is 230 g/mol. The van der Waals surface area contributed by atoms with E-state index in [4.69, 9.17) is 5.11 Å². The number of carboxylic acids is 1. The lowest BCUT2D eigenvalue weighted by atomic mass is 10.0. The molecule has 2 aromatic rings. The van der Waals surface area contributed by atoms with Crippen molar-refractivity contribution >= 4 is 5.97 Å². The van der Waals surface area contributed by atoms with Gasteiger partial charge in [-0.2, -0.15) is 0 Å². The molecule has 0 fully saturated rings. The fourth-order valence-corrected chi connectivity index (χ4v) is 1.63. The van der Waals surface area contributed by atoms with Crippen molar-refractivity contribution in [2.75, 3.05) is 0 Å². The highest BCUT2D eigenvalue weighted by atomic mass is 19.1. The minimum absolute atomic E-state index is 0.0176. The maximum Gasteiger partial charge on any atom is 0.307 e. The third kappa shape index (κ3) is 2.91. The molecule has 2 aromatic carbocycles. The van der Waals surface area contributed by atoms with E-state index in [9.17, 15) is 9.18 Å². The maximum absolute atomic E-state index is 12.7. The zero-order chi connectivity index (χ0) is 12.3. The summed E-state index contributed by atoms with van der Waals surface area (Å²) in [5.74, 6) is -1.12. The zero-order valence-corrected chi connectivity index (χ0v) is 9.06. The first-order valence-electron chi connectivity index (χ1n) is 5.22. The number of rotatable bonds is 3. The van der Waals surface area contributed by atoms with E-state index >= 15 is 0 Å². The van der Waals surface area contributed by atoms with Crippen LogP contribution in [0.15, 0.2) is 48.5 Å². The average Bonchev–Trinajstić information content (AvgIpc) is 2.30. The van der Waals surface area contributed by atoms with Crippen LogP contribution in [0.1, 0.15) is 5.56 Å². The molecule has 2 rings (SSSR count). The normalized spacial score (nSPS) is 10.2. The van der Waals surface area contributed by atoms with Crippen molar-refractivity contribution in [3.63, 3.8) is 0 Å². The van der Waals surface area contributed by atoms with E-state index in [1.54, 1.807) is 24.3 Å². The summed E-state index contributed by atoms with van der Waals surface area (Å²) in [4.78, 5) is 10.5. The molecule has 0 spiro atoms. The van der Waals surface area contributed by atoms with Gasteiger partial charge in [-0.05, 0) is 28.8 Å². The molecule has 3 heteroatoms. The van der Waals surface area contributed by atoms with Crippen LogP contribution in [0.5, 0.6) is 0 Å². The van der Waals surface area contributed by atoms with Crippen molar-refractivity contribution in [2.24, 2.45) is 0 Å². The van der Waals surface area contributed by atoms with Gasteiger partial charge in [0.05, 0.1) is 6.42 Å². The highest BCUT2D eigenvalue weighted by Crippen LogP contribution is 2.20. The molecule has 0 aromatic heterocycles. The number of hydrogen-bond donors (Lipinski definition) is 1. The molecule has 0 amide bonds. The largest absolute Gasteiger partial charge is 0.481 e. The van der Waals surface area contributed by atoms with E-state index in [1.165, 1.54) is 12.1 Å². The van der Waals surface area contributed by atoms with E-state index in [0.29, 0.717) is 0 Å². The van der Waals surface area contributed by atoms with Crippen LogP contribution in [0.4, 0.5) is 4.39 Å². The first-order chi connectivity index (χ1) is 8.15. The summed E-state index contributed by atoms with van der Waals surface area (Å²) >= 11 is 0. The molecule has 17 heavy (non-hydrogen) atoms. The van der Waals surface area contributed by atoms with Crippen LogP contribution in [-0.2, 0) is 11.2 Å². The molecule has 0 aliphatic carbocycles. The Balaban J connectivity index is 2.23. The fourth-order valence-electron chi connectivity index (χ4n) is 1.63. The molecule has 86 valence electrons. The molecular weight excluding hydrogens is 219 g/mol. The van der Waals surface area contributed by atoms with Gasteiger partial charge in [0, 0.05) is 0 Å². The molecule has 0 radical (unpaired) electrons. The summed E-state index contributed by atoms with van der Waals surface area (Å²) in [5, 5.41) is 8.64. The van der Waals surface area contributed by atoms with Crippen molar-refractivity contribution in [1.82, 2.24) is 0 Å². The predicted molar refractivity (Wildman–Crippen MR) is 63.2 cm³/mol. The Morgan fingerprint density at radius 1 is 0.941 bits per heavy atom. The predicted octanol–water partition coefficient (Wildman–Crippen LogP) is 3.12. The van der Waals surface area contributed by atoms with Crippen molar-refractivity contribution < 1.29 is 14.3 Å². The lowest BCUT2D eigenvalue weighted by Gasteiger charge is -2.03. The van der Waals surface area contributed by atoms with Crippen LogP contribution in [-0.4, -0.2) is 11.1 Å². The van der Waals surface area contributed by atoms with Crippen LogP contribution in [0.2, 0.25) is 0 Å². The van der Waals surface area contributed by atoms with Gasteiger partial charge in [-0.1, -0.05) is 36.4 Å². The standard InChI is InChI=1S/C14H11FO2/c15-13-7-5-12(6-8-13)11-3-1-10(2-4-11)9-14(16)17/h1-8H,9H2,(H,16,17). The van der Waals surface area contributed by atoms with Gasteiger partial charge >= 0.3 is 5.97 Å². The third-order valence-electron chi connectivity index (χ3n) is 2.49. The number of halogens is 1. The Labute approximate surface area is 98.3 Å². The summed E-state index contributed by atoms with van der Waals surface area (Å²) in [6.45, 7) is 0. The summed E-state index contributed by atoms with van der Waals surface area (Å²) in [5.41, 5.74) is 2.61. The Bertz CT molecular complexity index is 515. The molecule has 0 aliphatic rings. The fraction of sp³-hybridized carbons (Fsp3) is 0.0714. The van der Waals surface area contributed by atoms with E-state index in [2.05, 4.69) is 0 Å². The second-order valence-electron chi connectivity index (χ2n) is 3.77. The van der Waals surface area contributed by atoms with E-state index in [0.717, 1.165) is 16.7 Å². The highest BCUT2D eigenvalue weighted by molar-refractivity contribution is 5.71. The van der Waals surface area contributed by atoms with Gasteiger partial charge in [0.15, 0.2) is 0 Å². The van der Waals surface area contributed by atoms with Crippen LogP contribution in [0.3, 0.4) is 0 Å². The van der Waals surface area contributed by atoms with E-state index in [1.807, 2.05) is 12.1 Å². The minimum Gasteiger partial charge on any atom is -0.481 e. The van der Waals surface area contributed by atoms with E-state index < -0.39 is 5.97 Å². The van der Waals surface area contributed by atoms with Crippen molar-refractivity contribution in [2.45, 2.75) is 6.42 Å². The lowest BCUT2D eigenvalue weighted by Crippen LogP contribution is -1.99. The van der Waals surface area contributed by atoms with Crippen LogP contribution >= 0.6 is 0 Å². The Kier molecular flexibility index (Phi) is 3.19. The summed E-state index contributed by atoms with van der Waals surface area (Å²) in [6.07, 6.45) is 0.0176. The smallest absolute Gasteiger partial charge is 0.307 e. The number of carbonyl (C=O) groups is 1. The summed E-state index contributed by atoms with van der Waals surface area (Å²) in [7, 11) is 0. The summed E-state index contributed by atoms with van der Waals surface area (Å²) < 4.78 is 12.7. The van der Waals surface area contributed by atoms with Crippen molar-refractivity contribution in [1.29, 1.82) is 0 Å². The molecule has 0 saturated heterocycles. The van der Waals surface area contributed by atoms with Crippen LogP contribution in [0.25, 0.3) is 11.1 Å². The van der Waals surface area contributed by atoms with Crippen LogP contribution in [0, 0.1) is 5.82 Å². The van der Waals surface area contributed by atoms with Crippen LogP contribution < -0.4 is 0 Å². The van der Waals surface area contributed by atoms with Gasteiger partial charge in [-0.3, -0.25) is 4.79 Å². The molecular formula is C14H11FO2. The van der Waals surface area contributed by atoms with E-state index in [-0.39, 0.29) is 12.2 Å². The average molecular weight is 230 g/mol. The molecule has 0 unspecified atom stereocenters. The number of aliphatic carboxylic acids is 1. The second-order valence-corrected chi connectivity index (χ2v) is 3.77. The van der Waals surface area contributed by atoms with Gasteiger partial charge in [-0.25, -0.2) is 4.39 Å². The van der Waals surface area contributed by atoms with Crippen molar-refractivity contribution in [3.05, 3.63) is 59.9 Å². The van der Waals surface area contributed by atoms with Gasteiger partial charge in [0.2, 0.25) is 0 Å². The van der Waals surface area contributed by atoms with Gasteiger partial charge in [0.1, 0.15) is 5.82 Å². The van der Waals surface area contributed by atoms with Gasteiger partial charge in [0.25, 0.3) is 0 Å². The Morgan fingerprint density at radius 2 is 1.41 bits per heavy atom. The first kappa shape index (κ1) is 11.3. The lowest BCUT2D eigenvalue weighted by molar-refractivity contribution is -0.136. The molecule has 0 bridgehead atoms. The topological polar surface area (TPSA) is 37.3 Å². The highest BCUT2D eigenvalue weighted by Gasteiger charge is 2.01. The first-order valence-corrected chi connectivity index (χ1v) is 5.22. The molecule has 0 aliphatic heterocycles. The third-order valence-corrected chi connectivity index (χ3v) is 2.49. The molecule has 2 nitrogen and oxygen atoms in total. The quantitative estimate of drug-likeness (QED) is 0.879. The SMILES string of the molecule is O=C(O)Cc1ccc(-c2ccc(F)cc2)cc1. The Hall–Kier alpha value is -2.16. The molecule has 0 saturated carbocycles. The second kappa shape index (κ2) is 4.78. The Morgan fingerprint density at radius 3 is 1.88 bits per heavy atom. The van der Waals surface area contributed by atoms with Gasteiger partial charge in [-0.15, -0.1) is 0 Å². The van der Waals surface area contributed by atoms with Gasteiger partial charge < -0.3 is 5.11 Å². The minimum atomic E-state index is -0.848.